The highest BCUT2D eigenvalue weighted by molar-refractivity contribution is 5.89. The van der Waals surface area contributed by atoms with E-state index in [4.69, 9.17) is 36.1 Å². The van der Waals surface area contributed by atoms with Crippen LogP contribution >= 0.6 is 0 Å². The van der Waals surface area contributed by atoms with E-state index < -0.39 is 78.3 Å². The van der Waals surface area contributed by atoms with E-state index in [9.17, 15) is 25.2 Å². The Hall–Kier alpha value is -1.51. The third-order valence-electron chi connectivity index (χ3n) is 9.06. The fraction of sp³-hybridized carbons (Fsp3) is 0.885. The van der Waals surface area contributed by atoms with Crippen LogP contribution in [0, 0.1) is 0 Å². The lowest BCUT2D eigenvalue weighted by molar-refractivity contribution is -0.304. The minimum atomic E-state index is -1.72. The van der Waals surface area contributed by atoms with Gasteiger partial charge in [0, 0.05) is 37.6 Å². The molecule has 13 atom stereocenters. The Labute approximate surface area is 244 Å². The smallest absolute Gasteiger partial charge is 0.253 e. The van der Waals surface area contributed by atoms with Gasteiger partial charge in [-0.05, 0) is 32.9 Å². The minimum absolute atomic E-state index is 0.0936. The van der Waals surface area contributed by atoms with E-state index in [2.05, 4.69) is 21.3 Å². The number of hydrogen-bond acceptors (Lipinski definition) is 15. The summed E-state index contributed by atoms with van der Waals surface area (Å²) in [4.78, 5) is 12.9. The number of likely N-dealkylation sites (N-methyl/N-ethyl adjacent to an activating group) is 1. The van der Waals surface area contributed by atoms with Crippen molar-refractivity contribution in [2.45, 2.75) is 111 Å². The molecule has 0 aromatic heterocycles. The maximum atomic E-state index is 12.9. The second-order valence-corrected chi connectivity index (χ2v) is 12.4. The summed E-state index contributed by atoms with van der Waals surface area (Å²) >= 11 is 0. The number of aliphatic hydroxyl groups excluding tert-OH is 2. The third-order valence-corrected chi connectivity index (χ3v) is 9.06. The maximum absolute atomic E-state index is 12.9. The molecule has 0 spiro atoms. The quantitative estimate of drug-likeness (QED) is 0.111. The van der Waals surface area contributed by atoms with Crippen LogP contribution in [-0.2, 0) is 23.7 Å². The lowest BCUT2D eigenvalue weighted by Gasteiger charge is -2.49. The van der Waals surface area contributed by atoms with E-state index in [0.29, 0.717) is 12.2 Å². The highest BCUT2D eigenvalue weighted by Gasteiger charge is 2.59. The van der Waals surface area contributed by atoms with Crippen molar-refractivity contribution in [1.29, 1.82) is 0 Å². The average Bonchev–Trinajstić information content (AvgIpc) is 3.55. The third kappa shape index (κ3) is 6.32. The molecule has 0 radical (unpaired) electrons. The Kier molecular flexibility index (Phi) is 9.47. The zero-order valence-corrected chi connectivity index (χ0v) is 24.0. The zero-order chi connectivity index (χ0) is 30.4. The van der Waals surface area contributed by atoms with E-state index in [1.165, 1.54) is 6.92 Å². The van der Waals surface area contributed by atoms with Gasteiger partial charge in [-0.1, -0.05) is 0 Å². The van der Waals surface area contributed by atoms with Gasteiger partial charge < -0.3 is 77.8 Å². The standard InChI is InChI=1S/C26H47N7O9/c1-25(37)10-39-23(18(35)21(25)30-2)42-20-15(33-24(36)26(38)6-16(26)29)5-13(28)19(17(20)34)41-22-14(32-11-8-31-9-11)4-3-12(7-27)40-22/h3,11,13-23,30-32,34-35,37-38H,4-10,27-29H2,1-2H3,(H,33,36)/t13-,14+,15+,16?,17-,18+,19?,20-,21+,22+,23+,25-,26?/m0/s1. The Bertz CT molecular complexity index is 1000. The number of ether oxygens (including phenoxy) is 4. The minimum Gasteiger partial charge on any atom is -0.467 e. The van der Waals surface area contributed by atoms with Crippen molar-refractivity contribution in [1.82, 2.24) is 21.3 Å². The first-order valence-electron chi connectivity index (χ1n) is 14.6. The van der Waals surface area contributed by atoms with Gasteiger partial charge in [0.05, 0.1) is 31.3 Å². The average molecular weight is 602 g/mol. The van der Waals surface area contributed by atoms with Gasteiger partial charge >= 0.3 is 0 Å². The number of rotatable bonds is 10. The molecule has 4 fully saturated rings. The molecule has 2 saturated carbocycles. The normalized spacial score (nSPS) is 47.6. The Morgan fingerprint density at radius 2 is 1.83 bits per heavy atom. The van der Waals surface area contributed by atoms with Crippen molar-refractivity contribution in [3.05, 3.63) is 11.8 Å². The topological polar surface area (TPSA) is 261 Å². The van der Waals surface area contributed by atoms with Crippen LogP contribution in [0.2, 0.25) is 0 Å². The van der Waals surface area contributed by atoms with E-state index >= 15 is 0 Å². The van der Waals surface area contributed by atoms with E-state index in [0.717, 1.165) is 13.1 Å². The Morgan fingerprint density at radius 1 is 1.14 bits per heavy atom. The molecule has 2 aliphatic carbocycles. The van der Waals surface area contributed by atoms with Crippen molar-refractivity contribution in [2.24, 2.45) is 17.2 Å². The Balaban J connectivity index is 1.35. The molecule has 0 aromatic carbocycles. The molecule has 5 rings (SSSR count). The number of carbonyl (C=O) groups is 1. The largest absolute Gasteiger partial charge is 0.467 e. The fourth-order valence-corrected chi connectivity index (χ4v) is 6.20. The van der Waals surface area contributed by atoms with Crippen LogP contribution in [0.3, 0.4) is 0 Å². The van der Waals surface area contributed by atoms with E-state index in [1.807, 2.05) is 6.08 Å². The van der Waals surface area contributed by atoms with Gasteiger partial charge in [-0.3, -0.25) is 4.79 Å². The molecule has 240 valence electrons. The van der Waals surface area contributed by atoms with E-state index in [-0.39, 0.29) is 38.1 Å². The molecule has 42 heavy (non-hydrogen) atoms. The van der Waals surface area contributed by atoms with Crippen LogP contribution in [0.15, 0.2) is 11.8 Å². The first-order valence-corrected chi connectivity index (χ1v) is 14.6. The monoisotopic (exact) mass is 601 g/mol. The van der Waals surface area contributed by atoms with Crippen LogP contribution in [0.5, 0.6) is 0 Å². The van der Waals surface area contributed by atoms with Crippen molar-refractivity contribution >= 4 is 5.91 Å². The lowest BCUT2D eigenvalue weighted by atomic mass is 9.83. The highest BCUT2D eigenvalue weighted by Crippen LogP contribution is 2.36. The second-order valence-electron chi connectivity index (χ2n) is 12.4. The summed E-state index contributed by atoms with van der Waals surface area (Å²) in [6.45, 7) is 3.14. The summed E-state index contributed by atoms with van der Waals surface area (Å²) in [5.74, 6) is -0.153. The molecule has 16 nitrogen and oxygen atoms in total. The molecule has 16 heteroatoms. The predicted octanol–water partition coefficient (Wildman–Crippen LogP) is -5.63. The van der Waals surface area contributed by atoms with Gasteiger partial charge in [0.15, 0.2) is 11.9 Å². The maximum Gasteiger partial charge on any atom is 0.253 e. The van der Waals surface area contributed by atoms with Crippen LogP contribution in [-0.4, -0.2) is 144 Å². The molecule has 3 aliphatic heterocycles. The summed E-state index contributed by atoms with van der Waals surface area (Å²) in [6.07, 6.45) is -4.36. The first kappa shape index (κ1) is 31.9. The number of carbonyl (C=O) groups excluding carboxylic acids is 1. The van der Waals surface area contributed by atoms with Gasteiger partial charge in [-0.15, -0.1) is 0 Å². The van der Waals surface area contributed by atoms with E-state index in [1.54, 1.807) is 7.05 Å². The molecule has 0 bridgehead atoms. The number of aliphatic hydroxyl groups is 4. The van der Waals surface area contributed by atoms with Gasteiger partial charge in [0.25, 0.3) is 5.91 Å². The number of amides is 1. The lowest BCUT2D eigenvalue weighted by Crippen LogP contribution is -2.70. The molecule has 3 unspecified atom stereocenters. The van der Waals surface area contributed by atoms with Crippen molar-refractivity contribution in [3.8, 4) is 0 Å². The van der Waals surface area contributed by atoms with Crippen molar-refractivity contribution in [2.75, 3.05) is 33.3 Å². The Morgan fingerprint density at radius 3 is 2.43 bits per heavy atom. The van der Waals surface area contributed by atoms with Crippen LogP contribution < -0.4 is 38.5 Å². The number of nitrogens with one attached hydrogen (secondary N) is 4. The van der Waals surface area contributed by atoms with Crippen molar-refractivity contribution < 1.29 is 44.2 Å². The highest BCUT2D eigenvalue weighted by atomic mass is 16.7. The predicted molar refractivity (Wildman–Crippen MR) is 147 cm³/mol. The summed E-state index contributed by atoms with van der Waals surface area (Å²) < 4.78 is 24.2. The number of nitrogens with two attached hydrogens (primary N) is 3. The SMILES string of the molecule is CN[C@@H]1[C@@H](O)[C@@H](O[C@H]2[C@H](NC(=O)C3(O)CC3N)C[C@H](N)C(O[C@H]3OC(CN)=CC[C@H]3NC3CNC3)[C@@H]2O)OC[C@]1(C)O. The number of hydrogen-bond donors (Lipinski definition) is 11. The van der Waals surface area contributed by atoms with Gasteiger partial charge in [-0.25, -0.2) is 0 Å². The zero-order valence-electron chi connectivity index (χ0n) is 24.0. The van der Waals surface area contributed by atoms with Gasteiger partial charge in [0.1, 0.15) is 35.8 Å². The summed E-state index contributed by atoms with van der Waals surface area (Å²) in [6, 6.07) is -3.20. The van der Waals surface area contributed by atoms with Crippen LogP contribution in [0.25, 0.3) is 0 Å². The fourth-order valence-electron chi connectivity index (χ4n) is 6.20. The van der Waals surface area contributed by atoms with Crippen molar-refractivity contribution in [3.63, 3.8) is 0 Å². The summed E-state index contributed by atoms with van der Waals surface area (Å²) in [5, 5.41) is 56.2. The molecule has 5 aliphatic rings. The second kappa shape index (κ2) is 12.5. The molecule has 2 saturated heterocycles. The van der Waals surface area contributed by atoms with Crippen LogP contribution in [0.4, 0.5) is 0 Å². The molecule has 14 N–H and O–H groups in total. The molecular weight excluding hydrogens is 554 g/mol. The first-order chi connectivity index (χ1) is 19.9. The molecular formula is C26H47N7O9. The molecule has 1 amide bonds. The molecule has 0 aromatic rings. The summed E-state index contributed by atoms with van der Waals surface area (Å²) in [5.41, 5.74) is 15.0. The van der Waals surface area contributed by atoms with Gasteiger partial charge in [0.2, 0.25) is 6.29 Å². The van der Waals surface area contributed by atoms with Gasteiger partial charge in [-0.2, -0.15) is 0 Å². The summed E-state index contributed by atoms with van der Waals surface area (Å²) in [7, 11) is 1.59. The molecule has 3 heterocycles. The van der Waals surface area contributed by atoms with Crippen LogP contribution in [0.1, 0.15) is 26.2 Å².